The number of fused-ring (bicyclic) bond motifs is 3. The van der Waals surface area contributed by atoms with Gasteiger partial charge in [-0.3, -0.25) is 0 Å². The van der Waals surface area contributed by atoms with E-state index in [1.165, 1.54) is 27.4 Å². The monoisotopic (exact) mass is 300 g/mol. The Balaban J connectivity index is 0.00000161. The fraction of sp³-hybridized carbons (Fsp3) is 0.222. The highest BCUT2D eigenvalue weighted by Crippen LogP contribution is 2.29. The number of benzene rings is 2. The van der Waals surface area contributed by atoms with Crippen molar-refractivity contribution in [3.05, 3.63) is 60.7 Å². The van der Waals surface area contributed by atoms with Crippen LogP contribution in [0.15, 0.2) is 55.1 Å². The van der Waals surface area contributed by atoms with Gasteiger partial charge < -0.3 is 9.88 Å². The molecule has 0 atom stereocenters. The second-order valence-electron chi connectivity index (χ2n) is 5.03. The van der Waals surface area contributed by atoms with E-state index < -0.39 is 0 Å². The number of nitrogens with one attached hydrogen (secondary N) is 1. The molecule has 2 aromatic carbocycles. The van der Waals surface area contributed by atoms with Gasteiger partial charge in [0.15, 0.2) is 0 Å². The molecule has 110 valence electrons. The molecule has 0 fully saturated rings. The summed E-state index contributed by atoms with van der Waals surface area (Å²) in [6.07, 6.45) is 1.89. The highest BCUT2D eigenvalue weighted by atomic mass is 35.5. The van der Waals surface area contributed by atoms with E-state index in [1.54, 1.807) is 0 Å². The predicted molar refractivity (Wildman–Crippen MR) is 94.3 cm³/mol. The van der Waals surface area contributed by atoms with Crippen molar-refractivity contribution in [1.82, 2.24) is 9.88 Å². The van der Waals surface area contributed by atoms with Crippen LogP contribution in [-0.4, -0.2) is 11.1 Å². The van der Waals surface area contributed by atoms with Gasteiger partial charge in [0.25, 0.3) is 0 Å². The van der Waals surface area contributed by atoms with Crippen LogP contribution in [0.25, 0.3) is 21.8 Å². The van der Waals surface area contributed by atoms with Crippen LogP contribution in [0, 0.1) is 0 Å². The SMILES string of the molecule is C=CCNCc1ccc2c(c1)c1ccccc1n2CC.Cl. The zero-order valence-corrected chi connectivity index (χ0v) is 13.1. The van der Waals surface area contributed by atoms with Crippen molar-refractivity contribution in [2.45, 2.75) is 20.0 Å². The van der Waals surface area contributed by atoms with Gasteiger partial charge in [0.05, 0.1) is 0 Å². The summed E-state index contributed by atoms with van der Waals surface area (Å²) in [5.74, 6) is 0. The molecule has 0 radical (unpaired) electrons. The number of hydrogen-bond donors (Lipinski definition) is 1. The first-order valence-corrected chi connectivity index (χ1v) is 7.16. The molecule has 1 aromatic heterocycles. The topological polar surface area (TPSA) is 17.0 Å². The average Bonchev–Trinajstić information content (AvgIpc) is 2.81. The van der Waals surface area contributed by atoms with Crippen molar-refractivity contribution >= 4 is 34.2 Å². The van der Waals surface area contributed by atoms with Crippen LogP contribution in [0.4, 0.5) is 0 Å². The minimum absolute atomic E-state index is 0. The molecule has 0 amide bonds. The Labute approximate surface area is 131 Å². The average molecular weight is 301 g/mol. The summed E-state index contributed by atoms with van der Waals surface area (Å²) in [6.45, 7) is 8.65. The summed E-state index contributed by atoms with van der Waals surface area (Å²) in [5, 5.41) is 6.05. The molecule has 0 saturated carbocycles. The Kier molecular flexibility index (Phi) is 5.05. The molecular weight excluding hydrogens is 280 g/mol. The van der Waals surface area contributed by atoms with Crippen molar-refractivity contribution < 1.29 is 0 Å². The van der Waals surface area contributed by atoms with E-state index in [-0.39, 0.29) is 12.4 Å². The van der Waals surface area contributed by atoms with Gasteiger partial charge in [0.2, 0.25) is 0 Å². The first-order valence-electron chi connectivity index (χ1n) is 7.16. The molecule has 21 heavy (non-hydrogen) atoms. The minimum atomic E-state index is 0. The molecule has 0 aliphatic rings. The maximum Gasteiger partial charge on any atom is 0.0491 e. The number of aryl methyl sites for hydroxylation is 1. The fourth-order valence-corrected chi connectivity index (χ4v) is 2.87. The Morgan fingerprint density at radius 2 is 1.86 bits per heavy atom. The van der Waals surface area contributed by atoms with Gasteiger partial charge in [0, 0.05) is 41.4 Å². The molecule has 0 aliphatic heterocycles. The van der Waals surface area contributed by atoms with Gasteiger partial charge in [-0.15, -0.1) is 19.0 Å². The van der Waals surface area contributed by atoms with Gasteiger partial charge in [-0.25, -0.2) is 0 Å². The van der Waals surface area contributed by atoms with Crippen LogP contribution in [0.5, 0.6) is 0 Å². The molecule has 3 aromatic rings. The maximum atomic E-state index is 3.73. The van der Waals surface area contributed by atoms with Crippen LogP contribution in [-0.2, 0) is 13.1 Å². The van der Waals surface area contributed by atoms with Crippen LogP contribution >= 0.6 is 12.4 Å². The van der Waals surface area contributed by atoms with Crippen molar-refractivity contribution in [3.8, 4) is 0 Å². The van der Waals surface area contributed by atoms with Gasteiger partial charge in [-0.05, 0) is 30.7 Å². The lowest BCUT2D eigenvalue weighted by molar-refractivity contribution is 0.761. The number of nitrogens with zero attached hydrogens (tertiary/aromatic N) is 1. The highest BCUT2D eigenvalue weighted by Gasteiger charge is 2.09. The van der Waals surface area contributed by atoms with E-state index in [1.807, 2.05) is 6.08 Å². The third-order valence-corrected chi connectivity index (χ3v) is 3.77. The summed E-state index contributed by atoms with van der Waals surface area (Å²) in [5.41, 5.74) is 3.96. The molecule has 1 N–H and O–H groups in total. The largest absolute Gasteiger partial charge is 0.341 e. The smallest absolute Gasteiger partial charge is 0.0491 e. The van der Waals surface area contributed by atoms with E-state index in [2.05, 4.69) is 65.9 Å². The molecule has 3 heteroatoms. The third kappa shape index (κ3) is 2.82. The van der Waals surface area contributed by atoms with E-state index >= 15 is 0 Å². The van der Waals surface area contributed by atoms with Crippen LogP contribution in [0.2, 0.25) is 0 Å². The first-order chi connectivity index (χ1) is 9.85. The molecule has 0 unspecified atom stereocenters. The second-order valence-corrected chi connectivity index (χ2v) is 5.03. The summed E-state index contributed by atoms with van der Waals surface area (Å²) in [6, 6.07) is 15.4. The van der Waals surface area contributed by atoms with E-state index in [0.717, 1.165) is 19.6 Å². The molecule has 3 rings (SSSR count). The molecule has 0 saturated heterocycles. The summed E-state index contributed by atoms with van der Waals surface area (Å²) in [7, 11) is 0. The summed E-state index contributed by atoms with van der Waals surface area (Å²) < 4.78 is 2.38. The quantitative estimate of drug-likeness (QED) is 0.542. The Morgan fingerprint density at radius 1 is 1.10 bits per heavy atom. The molecule has 0 spiro atoms. The molecule has 2 nitrogen and oxygen atoms in total. The fourth-order valence-electron chi connectivity index (χ4n) is 2.87. The van der Waals surface area contributed by atoms with E-state index in [0.29, 0.717) is 0 Å². The second kappa shape index (κ2) is 6.79. The first kappa shape index (κ1) is 15.6. The lowest BCUT2D eigenvalue weighted by Crippen LogP contribution is -2.12. The van der Waals surface area contributed by atoms with E-state index in [9.17, 15) is 0 Å². The van der Waals surface area contributed by atoms with Crippen molar-refractivity contribution in [1.29, 1.82) is 0 Å². The van der Waals surface area contributed by atoms with Crippen molar-refractivity contribution in [2.75, 3.05) is 6.54 Å². The Bertz CT molecular complexity index is 758. The molecule has 1 heterocycles. The highest BCUT2D eigenvalue weighted by molar-refractivity contribution is 6.08. The summed E-state index contributed by atoms with van der Waals surface area (Å²) >= 11 is 0. The van der Waals surface area contributed by atoms with Gasteiger partial charge in [-0.1, -0.05) is 30.3 Å². The van der Waals surface area contributed by atoms with Gasteiger partial charge in [0.1, 0.15) is 0 Å². The van der Waals surface area contributed by atoms with E-state index in [4.69, 9.17) is 0 Å². The minimum Gasteiger partial charge on any atom is -0.341 e. The Hall–Kier alpha value is -1.77. The maximum absolute atomic E-state index is 3.73. The Morgan fingerprint density at radius 3 is 2.62 bits per heavy atom. The zero-order chi connectivity index (χ0) is 13.9. The van der Waals surface area contributed by atoms with Crippen LogP contribution < -0.4 is 5.32 Å². The van der Waals surface area contributed by atoms with Crippen molar-refractivity contribution in [2.24, 2.45) is 0 Å². The van der Waals surface area contributed by atoms with Gasteiger partial charge >= 0.3 is 0 Å². The van der Waals surface area contributed by atoms with Crippen LogP contribution in [0.1, 0.15) is 12.5 Å². The van der Waals surface area contributed by atoms with Crippen LogP contribution in [0.3, 0.4) is 0 Å². The number of rotatable bonds is 5. The molecule has 0 bridgehead atoms. The summed E-state index contributed by atoms with van der Waals surface area (Å²) in [4.78, 5) is 0. The number of aromatic nitrogens is 1. The molecular formula is C18H21ClN2. The lowest BCUT2D eigenvalue weighted by Gasteiger charge is -2.05. The number of hydrogen-bond acceptors (Lipinski definition) is 1. The van der Waals surface area contributed by atoms with Gasteiger partial charge in [-0.2, -0.15) is 0 Å². The zero-order valence-electron chi connectivity index (χ0n) is 12.3. The van der Waals surface area contributed by atoms with Crippen molar-refractivity contribution in [3.63, 3.8) is 0 Å². The normalized spacial score (nSPS) is 10.7. The number of halogens is 1. The standard InChI is InChI=1S/C18H20N2.ClH/c1-3-11-19-13-14-9-10-18-16(12-14)15-7-5-6-8-17(15)20(18)4-2;/h3,5-10,12,19H,1,4,11,13H2,2H3;1H. The predicted octanol–water partition coefficient (Wildman–Crippen LogP) is 4.51. The lowest BCUT2D eigenvalue weighted by atomic mass is 10.1. The third-order valence-electron chi connectivity index (χ3n) is 3.77. The molecule has 0 aliphatic carbocycles. The number of para-hydroxylation sites is 1.